The van der Waals surface area contributed by atoms with Crippen LogP contribution >= 0.6 is 0 Å². The van der Waals surface area contributed by atoms with Crippen LogP contribution in [0.1, 0.15) is 13.3 Å². The fourth-order valence-electron chi connectivity index (χ4n) is 1.63. The molecule has 0 aromatic heterocycles. The van der Waals surface area contributed by atoms with Gasteiger partial charge in [-0.25, -0.2) is 0 Å². The van der Waals surface area contributed by atoms with Crippen LogP contribution < -0.4 is 0 Å². The van der Waals surface area contributed by atoms with Crippen molar-refractivity contribution in [3.8, 4) is 0 Å². The maximum atomic E-state index is 9.29. The highest BCUT2D eigenvalue weighted by atomic mass is 16.5. The SMILES string of the molecule is CCC1COCCN1CC(O)CO. The maximum absolute atomic E-state index is 9.29. The fraction of sp³-hybridized carbons (Fsp3) is 1.00. The topological polar surface area (TPSA) is 52.9 Å². The predicted molar refractivity (Wildman–Crippen MR) is 49.6 cm³/mol. The molecule has 78 valence electrons. The van der Waals surface area contributed by atoms with E-state index in [1.54, 1.807) is 0 Å². The van der Waals surface area contributed by atoms with Gasteiger partial charge in [0.1, 0.15) is 0 Å². The summed E-state index contributed by atoms with van der Waals surface area (Å²) in [5.41, 5.74) is 0. The van der Waals surface area contributed by atoms with Crippen LogP contribution in [-0.2, 0) is 4.74 Å². The number of rotatable bonds is 4. The standard InChI is InChI=1S/C9H19NO3/c1-2-8-7-13-4-3-10(8)5-9(12)6-11/h8-9,11-12H,2-7H2,1H3. The smallest absolute Gasteiger partial charge is 0.0897 e. The second-order valence-corrected chi connectivity index (χ2v) is 3.47. The van der Waals surface area contributed by atoms with E-state index in [0.717, 1.165) is 26.2 Å². The molecule has 2 unspecified atom stereocenters. The second kappa shape index (κ2) is 5.54. The molecule has 4 heteroatoms. The van der Waals surface area contributed by atoms with Crippen molar-refractivity contribution in [1.82, 2.24) is 4.90 Å². The predicted octanol–water partition coefficient (Wildman–Crippen LogP) is -0.550. The van der Waals surface area contributed by atoms with Gasteiger partial charge < -0.3 is 14.9 Å². The van der Waals surface area contributed by atoms with Gasteiger partial charge in [-0.2, -0.15) is 0 Å². The van der Waals surface area contributed by atoms with Gasteiger partial charge in [-0.1, -0.05) is 6.92 Å². The molecule has 0 amide bonds. The van der Waals surface area contributed by atoms with E-state index in [4.69, 9.17) is 9.84 Å². The molecule has 0 radical (unpaired) electrons. The summed E-state index contributed by atoms with van der Waals surface area (Å²) in [4.78, 5) is 2.18. The highest BCUT2D eigenvalue weighted by Crippen LogP contribution is 2.10. The molecule has 0 saturated carbocycles. The minimum Gasteiger partial charge on any atom is -0.394 e. The molecule has 0 spiro atoms. The van der Waals surface area contributed by atoms with Gasteiger partial charge in [-0.15, -0.1) is 0 Å². The average molecular weight is 189 g/mol. The third-order valence-electron chi connectivity index (χ3n) is 2.48. The fourth-order valence-corrected chi connectivity index (χ4v) is 1.63. The van der Waals surface area contributed by atoms with Crippen molar-refractivity contribution in [2.75, 3.05) is 32.9 Å². The van der Waals surface area contributed by atoms with E-state index in [2.05, 4.69) is 11.8 Å². The molecular weight excluding hydrogens is 170 g/mol. The van der Waals surface area contributed by atoms with Crippen molar-refractivity contribution in [1.29, 1.82) is 0 Å². The number of nitrogens with zero attached hydrogens (tertiary/aromatic N) is 1. The highest BCUT2D eigenvalue weighted by Gasteiger charge is 2.22. The molecule has 2 N–H and O–H groups in total. The van der Waals surface area contributed by atoms with E-state index >= 15 is 0 Å². The first-order valence-corrected chi connectivity index (χ1v) is 4.88. The number of hydrogen-bond acceptors (Lipinski definition) is 4. The Labute approximate surface area is 79.1 Å². The van der Waals surface area contributed by atoms with Crippen LogP contribution in [0.25, 0.3) is 0 Å². The van der Waals surface area contributed by atoms with Gasteiger partial charge in [-0.3, -0.25) is 4.90 Å². The number of β-amino-alcohol motifs (C(OH)–C–C–N with tert-alkyl or cyclic N) is 1. The summed E-state index contributed by atoms with van der Waals surface area (Å²) in [5, 5.41) is 18.0. The Kier molecular flexibility index (Phi) is 4.66. The van der Waals surface area contributed by atoms with Crippen LogP contribution in [0.2, 0.25) is 0 Å². The molecule has 1 rings (SSSR count). The number of ether oxygens (including phenoxy) is 1. The molecule has 1 aliphatic rings. The molecule has 1 fully saturated rings. The van der Waals surface area contributed by atoms with Crippen LogP contribution in [0.15, 0.2) is 0 Å². The monoisotopic (exact) mass is 189 g/mol. The number of morpholine rings is 1. The first kappa shape index (κ1) is 10.9. The molecule has 2 atom stereocenters. The summed E-state index contributed by atoms with van der Waals surface area (Å²) in [6.07, 6.45) is 0.408. The molecule has 0 aromatic rings. The lowest BCUT2D eigenvalue weighted by Crippen LogP contribution is -2.48. The molecule has 0 aromatic carbocycles. The lowest BCUT2D eigenvalue weighted by Gasteiger charge is -2.35. The van der Waals surface area contributed by atoms with Crippen molar-refractivity contribution in [2.24, 2.45) is 0 Å². The van der Waals surface area contributed by atoms with E-state index < -0.39 is 6.10 Å². The third kappa shape index (κ3) is 3.23. The van der Waals surface area contributed by atoms with Crippen LogP contribution in [0, 0.1) is 0 Å². The molecular formula is C9H19NO3. The van der Waals surface area contributed by atoms with E-state index in [1.807, 2.05) is 0 Å². The Bertz CT molecular complexity index is 143. The lowest BCUT2D eigenvalue weighted by molar-refractivity contribution is -0.0351. The quantitative estimate of drug-likeness (QED) is 0.623. The summed E-state index contributed by atoms with van der Waals surface area (Å²) in [5.74, 6) is 0. The number of aliphatic hydroxyl groups excluding tert-OH is 2. The van der Waals surface area contributed by atoms with Gasteiger partial charge in [0, 0.05) is 19.1 Å². The van der Waals surface area contributed by atoms with Crippen LogP contribution in [0.3, 0.4) is 0 Å². The van der Waals surface area contributed by atoms with Crippen molar-refractivity contribution in [3.05, 3.63) is 0 Å². The highest BCUT2D eigenvalue weighted by molar-refractivity contribution is 4.75. The minimum absolute atomic E-state index is 0.159. The third-order valence-corrected chi connectivity index (χ3v) is 2.48. The molecule has 1 aliphatic heterocycles. The Balaban J connectivity index is 2.35. The van der Waals surface area contributed by atoms with Gasteiger partial charge in [-0.05, 0) is 6.42 Å². The second-order valence-electron chi connectivity index (χ2n) is 3.47. The molecule has 4 nitrogen and oxygen atoms in total. The van der Waals surface area contributed by atoms with Crippen molar-refractivity contribution in [2.45, 2.75) is 25.5 Å². The Morgan fingerprint density at radius 2 is 2.38 bits per heavy atom. The van der Waals surface area contributed by atoms with Crippen LogP contribution in [-0.4, -0.2) is 60.2 Å². The first-order chi connectivity index (χ1) is 6.27. The zero-order chi connectivity index (χ0) is 9.68. The number of aliphatic hydroxyl groups is 2. The molecule has 1 saturated heterocycles. The van der Waals surface area contributed by atoms with E-state index in [1.165, 1.54) is 0 Å². The van der Waals surface area contributed by atoms with Gasteiger partial charge in [0.2, 0.25) is 0 Å². The summed E-state index contributed by atoms with van der Waals surface area (Å²) in [7, 11) is 0. The van der Waals surface area contributed by atoms with Crippen molar-refractivity contribution < 1.29 is 14.9 Å². The zero-order valence-electron chi connectivity index (χ0n) is 8.15. The van der Waals surface area contributed by atoms with Crippen LogP contribution in [0.4, 0.5) is 0 Å². The molecule has 0 aliphatic carbocycles. The van der Waals surface area contributed by atoms with E-state index in [-0.39, 0.29) is 6.61 Å². The summed E-state index contributed by atoms with van der Waals surface area (Å²) in [6, 6.07) is 0.398. The first-order valence-electron chi connectivity index (χ1n) is 4.88. The molecule has 1 heterocycles. The van der Waals surface area contributed by atoms with E-state index in [0.29, 0.717) is 12.6 Å². The van der Waals surface area contributed by atoms with Gasteiger partial charge in [0.05, 0.1) is 25.9 Å². The molecule has 13 heavy (non-hydrogen) atoms. The number of hydrogen-bond donors (Lipinski definition) is 2. The zero-order valence-corrected chi connectivity index (χ0v) is 8.15. The lowest BCUT2D eigenvalue weighted by atomic mass is 10.1. The Morgan fingerprint density at radius 1 is 1.62 bits per heavy atom. The van der Waals surface area contributed by atoms with Gasteiger partial charge in [0.25, 0.3) is 0 Å². The summed E-state index contributed by atoms with van der Waals surface area (Å²) < 4.78 is 5.33. The Hall–Kier alpha value is -0.160. The minimum atomic E-state index is -0.618. The van der Waals surface area contributed by atoms with E-state index in [9.17, 15) is 5.11 Å². The van der Waals surface area contributed by atoms with Crippen LogP contribution in [0.5, 0.6) is 0 Å². The van der Waals surface area contributed by atoms with Crippen molar-refractivity contribution in [3.63, 3.8) is 0 Å². The summed E-state index contributed by atoms with van der Waals surface area (Å²) in [6.45, 7) is 4.84. The van der Waals surface area contributed by atoms with Crippen molar-refractivity contribution >= 4 is 0 Å². The molecule has 0 bridgehead atoms. The average Bonchev–Trinajstić information content (AvgIpc) is 2.18. The summed E-state index contributed by atoms with van der Waals surface area (Å²) >= 11 is 0. The normalized spacial score (nSPS) is 27.5. The van der Waals surface area contributed by atoms with Gasteiger partial charge >= 0.3 is 0 Å². The largest absolute Gasteiger partial charge is 0.394 e. The Morgan fingerprint density at radius 3 is 3.00 bits per heavy atom. The van der Waals surface area contributed by atoms with Gasteiger partial charge in [0.15, 0.2) is 0 Å². The maximum Gasteiger partial charge on any atom is 0.0897 e.